The largest absolute Gasteiger partial charge is 0.375 e. The molecule has 2 atom stereocenters. The molecule has 0 aromatic heterocycles. The number of rotatable bonds is 2. The predicted molar refractivity (Wildman–Crippen MR) is 83.3 cm³/mol. The number of benzene rings is 1. The highest BCUT2D eigenvalue weighted by atomic mass is 35.5. The lowest BCUT2D eigenvalue weighted by molar-refractivity contribution is -0.0963. The molecule has 2 unspecified atom stereocenters. The molecule has 1 aromatic carbocycles. The second-order valence-corrected chi connectivity index (χ2v) is 7.03. The molecule has 2 nitrogen and oxygen atoms in total. The Hall–Kier alpha value is -0.280. The molecule has 20 heavy (non-hydrogen) atoms. The van der Waals surface area contributed by atoms with Crippen LogP contribution in [0.2, 0.25) is 10.0 Å². The minimum atomic E-state index is -0.0267. The van der Waals surface area contributed by atoms with Gasteiger partial charge in [0.2, 0.25) is 0 Å². The molecule has 0 bridgehead atoms. The molecule has 2 fully saturated rings. The monoisotopic (exact) mass is 313 g/mol. The number of hydrogen-bond acceptors (Lipinski definition) is 2. The highest BCUT2D eigenvalue weighted by Gasteiger charge is 2.41. The van der Waals surface area contributed by atoms with E-state index in [0.717, 1.165) is 25.0 Å². The van der Waals surface area contributed by atoms with Crippen molar-refractivity contribution in [3.63, 3.8) is 0 Å². The summed E-state index contributed by atoms with van der Waals surface area (Å²) >= 11 is 12.3. The van der Waals surface area contributed by atoms with Gasteiger partial charge in [0.05, 0.1) is 5.60 Å². The SMILES string of the molecule is NC(c1ccc(Cl)cc1Cl)C1CCOC2(CCCC2)C1. The summed E-state index contributed by atoms with van der Waals surface area (Å²) in [5, 5.41) is 1.34. The summed E-state index contributed by atoms with van der Waals surface area (Å²) in [4.78, 5) is 0. The molecule has 2 N–H and O–H groups in total. The minimum absolute atomic E-state index is 0.0267. The molecule has 110 valence electrons. The number of halogens is 2. The van der Waals surface area contributed by atoms with Crippen molar-refractivity contribution in [1.29, 1.82) is 0 Å². The second-order valence-electron chi connectivity index (χ2n) is 6.18. The molecule has 1 spiro atoms. The van der Waals surface area contributed by atoms with Crippen molar-refractivity contribution in [1.82, 2.24) is 0 Å². The van der Waals surface area contributed by atoms with Gasteiger partial charge in [-0.15, -0.1) is 0 Å². The van der Waals surface area contributed by atoms with Crippen LogP contribution in [-0.4, -0.2) is 12.2 Å². The fourth-order valence-corrected chi connectivity index (χ4v) is 4.30. The summed E-state index contributed by atoms with van der Waals surface area (Å²) in [5.74, 6) is 0.445. The van der Waals surface area contributed by atoms with Crippen molar-refractivity contribution in [2.24, 2.45) is 11.7 Å². The van der Waals surface area contributed by atoms with Gasteiger partial charge in [-0.3, -0.25) is 0 Å². The first-order chi connectivity index (χ1) is 9.60. The molecule has 0 radical (unpaired) electrons. The summed E-state index contributed by atoms with van der Waals surface area (Å²) < 4.78 is 6.08. The maximum atomic E-state index is 6.49. The van der Waals surface area contributed by atoms with Gasteiger partial charge < -0.3 is 10.5 Å². The van der Waals surface area contributed by atoms with E-state index in [-0.39, 0.29) is 11.6 Å². The van der Waals surface area contributed by atoms with Gasteiger partial charge in [-0.05, 0) is 49.3 Å². The molecule has 1 saturated heterocycles. The summed E-state index contributed by atoms with van der Waals surface area (Å²) in [6.45, 7) is 0.823. The first-order valence-electron chi connectivity index (χ1n) is 7.44. The highest BCUT2D eigenvalue weighted by Crippen LogP contribution is 2.45. The number of hydrogen-bond donors (Lipinski definition) is 1. The zero-order chi connectivity index (χ0) is 14.2. The van der Waals surface area contributed by atoms with Crippen LogP contribution in [0.3, 0.4) is 0 Å². The van der Waals surface area contributed by atoms with Crippen LogP contribution in [0.5, 0.6) is 0 Å². The van der Waals surface area contributed by atoms with Crippen LogP contribution in [0.4, 0.5) is 0 Å². The van der Waals surface area contributed by atoms with Gasteiger partial charge in [0.25, 0.3) is 0 Å². The van der Waals surface area contributed by atoms with Gasteiger partial charge in [-0.25, -0.2) is 0 Å². The molecule has 4 heteroatoms. The van der Waals surface area contributed by atoms with Crippen molar-refractivity contribution in [3.8, 4) is 0 Å². The van der Waals surface area contributed by atoms with Gasteiger partial charge in [0.1, 0.15) is 0 Å². The van der Waals surface area contributed by atoms with Crippen LogP contribution in [-0.2, 0) is 4.74 Å². The van der Waals surface area contributed by atoms with E-state index in [1.165, 1.54) is 25.7 Å². The second kappa shape index (κ2) is 5.84. The summed E-state index contributed by atoms with van der Waals surface area (Å²) in [7, 11) is 0. The summed E-state index contributed by atoms with van der Waals surface area (Å²) in [6.07, 6.45) is 7.01. The molecule has 1 aliphatic heterocycles. The molecule has 1 saturated carbocycles. The van der Waals surface area contributed by atoms with E-state index < -0.39 is 0 Å². The lowest BCUT2D eigenvalue weighted by Crippen LogP contribution is -2.40. The van der Waals surface area contributed by atoms with Gasteiger partial charge in [0.15, 0.2) is 0 Å². The predicted octanol–water partition coefficient (Wildman–Crippen LogP) is 4.73. The van der Waals surface area contributed by atoms with Crippen LogP contribution in [0.1, 0.15) is 50.1 Å². The van der Waals surface area contributed by atoms with Crippen LogP contribution in [0, 0.1) is 5.92 Å². The van der Waals surface area contributed by atoms with Crippen molar-refractivity contribution >= 4 is 23.2 Å². The zero-order valence-corrected chi connectivity index (χ0v) is 13.1. The van der Waals surface area contributed by atoms with E-state index in [2.05, 4.69) is 0 Å². The lowest BCUT2D eigenvalue weighted by Gasteiger charge is -2.40. The quantitative estimate of drug-likeness (QED) is 0.856. The van der Waals surface area contributed by atoms with Crippen LogP contribution in [0.25, 0.3) is 0 Å². The van der Waals surface area contributed by atoms with E-state index in [1.807, 2.05) is 12.1 Å². The van der Waals surface area contributed by atoms with Crippen molar-refractivity contribution in [2.45, 2.75) is 50.2 Å². The molecule has 1 aromatic rings. The first-order valence-corrected chi connectivity index (χ1v) is 8.20. The summed E-state index contributed by atoms with van der Waals surface area (Å²) in [6, 6.07) is 5.59. The third kappa shape index (κ3) is 2.85. The normalized spacial score (nSPS) is 26.9. The Bertz CT molecular complexity index is 485. The van der Waals surface area contributed by atoms with Gasteiger partial charge in [-0.1, -0.05) is 42.1 Å². The van der Waals surface area contributed by atoms with E-state index in [1.54, 1.807) is 6.07 Å². The third-order valence-corrected chi connectivity index (χ3v) is 5.44. The Morgan fingerprint density at radius 3 is 2.70 bits per heavy atom. The van der Waals surface area contributed by atoms with E-state index in [4.69, 9.17) is 33.7 Å². The van der Waals surface area contributed by atoms with Crippen LogP contribution in [0.15, 0.2) is 18.2 Å². The van der Waals surface area contributed by atoms with Gasteiger partial charge in [-0.2, -0.15) is 0 Å². The summed E-state index contributed by atoms with van der Waals surface area (Å²) in [5.41, 5.74) is 7.60. The van der Waals surface area contributed by atoms with Crippen molar-refractivity contribution in [3.05, 3.63) is 33.8 Å². The van der Waals surface area contributed by atoms with E-state index in [0.29, 0.717) is 16.0 Å². The van der Waals surface area contributed by atoms with Gasteiger partial charge in [0, 0.05) is 22.7 Å². The lowest BCUT2D eigenvalue weighted by atomic mass is 9.79. The Morgan fingerprint density at radius 2 is 2.00 bits per heavy atom. The first kappa shape index (κ1) is 14.6. The Kier molecular flexibility index (Phi) is 4.28. The molecular weight excluding hydrogens is 293 g/mol. The molecule has 3 rings (SSSR count). The molecular formula is C16H21Cl2NO. The minimum Gasteiger partial charge on any atom is -0.375 e. The maximum absolute atomic E-state index is 6.49. The average Bonchev–Trinajstić information content (AvgIpc) is 2.86. The fraction of sp³-hybridized carbons (Fsp3) is 0.625. The molecule has 0 amide bonds. The average molecular weight is 314 g/mol. The van der Waals surface area contributed by atoms with E-state index >= 15 is 0 Å². The maximum Gasteiger partial charge on any atom is 0.0685 e. The fourth-order valence-electron chi connectivity index (χ4n) is 3.77. The number of nitrogens with two attached hydrogens (primary N) is 1. The molecule has 1 heterocycles. The van der Waals surface area contributed by atoms with Crippen LogP contribution < -0.4 is 5.73 Å². The Labute approximate surface area is 130 Å². The molecule has 2 aliphatic rings. The Balaban J connectivity index is 1.77. The van der Waals surface area contributed by atoms with Crippen LogP contribution >= 0.6 is 23.2 Å². The van der Waals surface area contributed by atoms with Gasteiger partial charge >= 0.3 is 0 Å². The number of ether oxygens (including phenoxy) is 1. The van der Waals surface area contributed by atoms with Crippen molar-refractivity contribution in [2.75, 3.05) is 6.61 Å². The van der Waals surface area contributed by atoms with Crippen molar-refractivity contribution < 1.29 is 4.74 Å². The topological polar surface area (TPSA) is 35.2 Å². The molecule has 1 aliphatic carbocycles. The smallest absolute Gasteiger partial charge is 0.0685 e. The van der Waals surface area contributed by atoms with E-state index in [9.17, 15) is 0 Å². The third-order valence-electron chi connectivity index (χ3n) is 4.88. The standard InChI is InChI=1S/C16H21Cl2NO/c17-12-3-4-13(14(18)9-12)15(19)11-5-8-20-16(10-11)6-1-2-7-16/h3-4,9,11,15H,1-2,5-8,10,19H2. The Morgan fingerprint density at radius 1 is 1.25 bits per heavy atom. The zero-order valence-electron chi connectivity index (χ0n) is 11.6. The highest BCUT2D eigenvalue weighted by molar-refractivity contribution is 6.35.